The van der Waals surface area contributed by atoms with Gasteiger partial charge in [-0.1, -0.05) is 0 Å². The third-order valence-corrected chi connectivity index (χ3v) is 5.03. The smallest absolute Gasteiger partial charge is 0.267 e. The number of aromatic nitrogens is 4. The van der Waals surface area contributed by atoms with Crippen molar-refractivity contribution < 1.29 is 19.1 Å². The van der Waals surface area contributed by atoms with E-state index in [0.29, 0.717) is 33.9 Å². The van der Waals surface area contributed by atoms with Crippen LogP contribution in [0.4, 0.5) is 5.69 Å². The zero-order valence-electron chi connectivity index (χ0n) is 16.0. The lowest BCUT2D eigenvalue weighted by Gasteiger charge is -2.18. The second-order valence-electron chi connectivity index (χ2n) is 6.56. The summed E-state index contributed by atoms with van der Waals surface area (Å²) in [5.74, 6) is -0.106. The van der Waals surface area contributed by atoms with Crippen LogP contribution in [0.2, 0.25) is 0 Å². The number of fused-ring (bicyclic) bond motifs is 3. The number of H-pyrrole nitrogens is 1. The van der Waals surface area contributed by atoms with Gasteiger partial charge < -0.3 is 9.47 Å². The number of pyridine rings is 2. The number of anilines is 1. The molecular weight excluding hydrogens is 386 g/mol. The molecule has 0 atom stereocenters. The maximum Gasteiger partial charge on any atom is 0.267 e. The molecular formula is C21H15N5O4. The number of imide groups is 1. The summed E-state index contributed by atoms with van der Waals surface area (Å²) in [5.41, 5.74) is 2.47. The highest BCUT2D eigenvalue weighted by Gasteiger charge is 2.41. The lowest BCUT2D eigenvalue weighted by atomic mass is 10.0. The van der Waals surface area contributed by atoms with Crippen molar-refractivity contribution in [2.45, 2.75) is 0 Å². The van der Waals surface area contributed by atoms with Crippen LogP contribution in [-0.2, 0) is 0 Å². The van der Waals surface area contributed by atoms with E-state index in [1.165, 1.54) is 20.4 Å². The van der Waals surface area contributed by atoms with Crippen LogP contribution in [0.1, 0.15) is 20.7 Å². The number of amides is 2. The van der Waals surface area contributed by atoms with E-state index in [1.54, 1.807) is 42.7 Å². The fraction of sp³-hybridized carbons (Fsp3) is 0.0952. The second-order valence-corrected chi connectivity index (χ2v) is 6.56. The Balaban J connectivity index is 1.73. The number of ether oxygens (including phenoxy) is 2. The molecule has 1 aromatic carbocycles. The van der Waals surface area contributed by atoms with Crippen molar-refractivity contribution in [3.63, 3.8) is 0 Å². The summed E-state index contributed by atoms with van der Waals surface area (Å²) in [4.78, 5) is 36.1. The molecule has 0 spiro atoms. The lowest BCUT2D eigenvalue weighted by molar-refractivity contribution is 0.0925. The van der Waals surface area contributed by atoms with Crippen LogP contribution in [0.15, 0.2) is 48.9 Å². The van der Waals surface area contributed by atoms with Crippen molar-refractivity contribution in [2.24, 2.45) is 0 Å². The lowest BCUT2D eigenvalue weighted by Crippen LogP contribution is -2.29. The number of aromatic amines is 1. The average Bonchev–Trinajstić information content (AvgIpc) is 3.32. The molecule has 0 unspecified atom stereocenters. The molecule has 0 radical (unpaired) electrons. The van der Waals surface area contributed by atoms with E-state index in [-0.39, 0.29) is 11.1 Å². The molecule has 9 nitrogen and oxygen atoms in total. The molecule has 0 fully saturated rings. The third-order valence-electron chi connectivity index (χ3n) is 5.03. The maximum absolute atomic E-state index is 13.5. The highest BCUT2D eigenvalue weighted by molar-refractivity contribution is 6.38. The van der Waals surface area contributed by atoms with Crippen molar-refractivity contribution in [1.29, 1.82) is 0 Å². The minimum atomic E-state index is -0.488. The number of nitrogens with zero attached hydrogens (tertiary/aromatic N) is 4. The quantitative estimate of drug-likeness (QED) is 0.524. The molecule has 0 aliphatic carbocycles. The van der Waals surface area contributed by atoms with Gasteiger partial charge in [-0.25, -0.2) is 9.88 Å². The topological polar surface area (TPSA) is 110 Å². The molecule has 0 bridgehead atoms. The number of carbonyl (C=O) groups excluding carboxylic acids is 2. The van der Waals surface area contributed by atoms with Gasteiger partial charge in [-0.15, -0.1) is 0 Å². The summed E-state index contributed by atoms with van der Waals surface area (Å²) in [6.07, 6.45) is 4.65. The zero-order chi connectivity index (χ0) is 20.8. The first-order valence-corrected chi connectivity index (χ1v) is 9.02. The van der Waals surface area contributed by atoms with Crippen molar-refractivity contribution in [1.82, 2.24) is 20.2 Å². The van der Waals surface area contributed by atoms with E-state index < -0.39 is 11.8 Å². The van der Waals surface area contributed by atoms with Gasteiger partial charge in [0.05, 0.1) is 42.1 Å². The molecule has 0 saturated heterocycles. The highest BCUT2D eigenvalue weighted by Crippen LogP contribution is 2.40. The van der Waals surface area contributed by atoms with Crippen LogP contribution < -0.4 is 14.4 Å². The standard InChI is InChI=1S/C21H15N5O4/c1-29-12-3-4-15(30-2)14(9-12)26-20(27)13-10-23-19-17(16(13)21(26)28)18(24-25-19)11-5-7-22-8-6-11/h3-10H,1-2H3,(H,23,24,25). The second kappa shape index (κ2) is 6.66. The van der Waals surface area contributed by atoms with Crippen molar-refractivity contribution in [3.05, 3.63) is 60.0 Å². The van der Waals surface area contributed by atoms with Gasteiger partial charge in [0.2, 0.25) is 0 Å². The molecule has 1 aliphatic heterocycles. The van der Waals surface area contributed by atoms with Crippen molar-refractivity contribution in [2.75, 3.05) is 19.1 Å². The molecule has 4 aromatic rings. The summed E-state index contributed by atoms with van der Waals surface area (Å²) in [7, 11) is 2.98. The van der Waals surface area contributed by atoms with Gasteiger partial charge in [-0.2, -0.15) is 5.10 Å². The number of rotatable bonds is 4. The first-order valence-electron chi connectivity index (χ1n) is 9.02. The van der Waals surface area contributed by atoms with E-state index in [2.05, 4.69) is 20.2 Å². The number of hydrogen-bond donors (Lipinski definition) is 1. The van der Waals surface area contributed by atoms with Gasteiger partial charge in [0.1, 0.15) is 11.5 Å². The number of hydrogen-bond acceptors (Lipinski definition) is 7. The van der Waals surface area contributed by atoms with Crippen LogP contribution in [0, 0.1) is 0 Å². The number of benzene rings is 1. The normalized spacial score (nSPS) is 13.1. The van der Waals surface area contributed by atoms with Gasteiger partial charge >= 0.3 is 0 Å². The fourth-order valence-corrected chi connectivity index (χ4v) is 3.61. The summed E-state index contributed by atoms with van der Waals surface area (Å²) < 4.78 is 10.6. The summed E-state index contributed by atoms with van der Waals surface area (Å²) in [6, 6.07) is 8.50. The molecule has 3 aromatic heterocycles. The highest BCUT2D eigenvalue weighted by atomic mass is 16.5. The van der Waals surface area contributed by atoms with E-state index >= 15 is 0 Å². The summed E-state index contributed by atoms with van der Waals surface area (Å²) >= 11 is 0. The monoisotopic (exact) mass is 401 g/mol. The number of carbonyl (C=O) groups is 2. The molecule has 4 heterocycles. The van der Waals surface area contributed by atoms with Crippen molar-refractivity contribution in [3.8, 4) is 22.8 Å². The van der Waals surface area contributed by atoms with E-state index in [4.69, 9.17) is 9.47 Å². The Morgan fingerprint density at radius 2 is 1.80 bits per heavy atom. The fourth-order valence-electron chi connectivity index (χ4n) is 3.61. The largest absolute Gasteiger partial charge is 0.497 e. The number of methoxy groups -OCH3 is 2. The Labute approximate surface area is 170 Å². The van der Waals surface area contributed by atoms with Crippen LogP contribution in [0.25, 0.3) is 22.3 Å². The van der Waals surface area contributed by atoms with Crippen LogP contribution in [0.5, 0.6) is 11.5 Å². The van der Waals surface area contributed by atoms with Crippen molar-refractivity contribution >= 4 is 28.5 Å². The van der Waals surface area contributed by atoms with E-state index in [9.17, 15) is 9.59 Å². The SMILES string of the molecule is COc1ccc(OC)c(N2C(=O)c3cnc4n[nH]c(-c5ccncc5)c4c3C2=O)c1. The Morgan fingerprint density at radius 3 is 2.53 bits per heavy atom. The molecule has 0 saturated carbocycles. The molecule has 9 heteroatoms. The van der Waals surface area contributed by atoms with Crippen LogP contribution in [-0.4, -0.2) is 46.2 Å². The average molecular weight is 401 g/mol. The first-order chi connectivity index (χ1) is 14.6. The predicted molar refractivity (Wildman–Crippen MR) is 108 cm³/mol. The van der Waals surface area contributed by atoms with Gasteiger partial charge in [0, 0.05) is 30.2 Å². The Morgan fingerprint density at radius 1 is 1.00 bits per heavy atom. The maximum atomic E-state index is 13.5. The number of nitrogens with one attached hydrogen (secondary N) is 1. The zero-order valence-corrected chi connectivity index (χ0v) is 16.0. The minimum absolute atomic E-state index is 0.203. The van der Waals surface area contributed by atoms with Gasteiger partial charge in [0.25, 0.3) is 11.8 Å². The summed E-state index contributed by atoms with van der Waals surface area (Å²) in [6.45, 7) is 0. The Hall–Kier alpha value is -4.27. The van der Waals surface area contributed by atoms with E-state index in [0.717, 1.165) is 10.5 Å². The van der Waals surface area contributed by atoms with Gasteiger partial charge in [0.15, 0.2) is 5.65 Å². The molecule has 5 rings (SSSR count). The minimum Gasteiger partial charge on any atom is -0.497 e. The summed E-state index contributed by atoms with van der Waals surface area (Å²) in [5, 5.41) is 7.62. The predicted octanol–water partition coefficient (Wildman–Crippen LogP) is 2.84. The third kappa shape index (κ3) is 2.45. The molecule has 148 valence electrons. The van der Waals surface area contributed by atoms with Gasteiger partial charge in [-0.3, -0.25) is 19.7 Å². The molecule has 1 N–H and O–H groups in total. The molecule has 2 amide bonds. The first kappa shape index (κ1) is 17.8. The van der Waals surface area contributed by atoms with Crippen LogP contribution >= 0.6 is 0 Å². The Bertz CT molecular complexity index is 1320. The van der Waals surface area contributed by atoms with Gasteiger partial charge in [-0.05, 0) is 24.3 Å². The molecule has 30 heavy (non-hydrogen) atoms. The molecule has 1 aliphatic rings. The van der Waals surface area contributed by atoms with E-state index in [1.807, 2.05) is 0 Å². The Kier molecular flexibility index (Phi) is 3.95. The van der Waals surface area contributed by atoms with Crippen LogP contribution in [0.3, 0.4) is 0 Å².